The summed E-state index contributed by atoms with van der Waals surface area (Å²) in [4.78, 5) is 0. The second kappa shape index (κ2) is 17.5. The van der Waals surface area contributed by atoms with E-state index in [-0.39, 0.29) is 6.79 Å². The smallest absolute Gasteiger partial charge is 0.321 e. The summed E-state index contributed by atoms with van der Waals surface area (Å²) in [7, 11) is 1.62. The molecule has 0 spiro atoms. The molecule has 23 heavy (non-hydrogen) atoms. The lowest BCUT2D eigenvalue weighted by Crippen LogP contribution is -2.09. The first-order valence-corrected chi connectivity index (χ1v) is 9.40. The molecule has 0 radical (unpaired) electrons. The quantitative estimate of drug-likeness (QED) is 0.193. The summed E-state index contributed by atoms with van der Waals surface area (Å²) >= 11 is 0. The number of rotatable bonds is 17. The fourth-order valence-electron chi connectivity index (χ4n) is 2.15. The maximum Gasteiger partial charge on any atom is 0.321 e. The average Bonchev–Trinajstić information content (AvgIpc) is 2.57. The van der Waals surface area contributed by atoms with Crippen LogP contribution >= 0.6 is 0 Å². The van der Waals surface area contributed by atoms with Crippen LogP contribution < -0.4 is 0 Å². The van der Waals surface area contributed by atoms with Crippen molar-refractivity contribution < 1.29 is 18.9 Å². The monoisotopic (exact) mass is 330 g/mol. The van der Waals surface area contributed by atoms with Crippen LogP contribution in [0.25, 0.3) is 0 Å². The van der Waals surface area contributed by atoms with Gasteiger partial charge in [-0.05, 0) is 19.3 Å². The van der Waals surface area contributed by atoms with Crippen molar-refractivity contribution in [2.45, 2.75) is 85.0 Å². The Morgan fingerprint density at radius 3 is 1.78 bits per heavy atom. The largest absolute Gasteiger partial charge is 0.491 e. The number of ether oxygens (including phenoxy) is 4. The van der Waals surface area contributed by atoms with Crippen molar-refractivity contribution in [3.8, 4) is 0 Å². The molecule has 4 heteroatoms. The van der Waals surface area contributed by atoms with Crippen molar-refractivity contribution in [3.63, 3.8) is 0 Å². The van der Waals surface area contributed by atoms with Crippen LogP contribution in [0.5, 0.6) is 0 Å². The third-order valence-electron chi connectivity index (χ3n) is 3.55. The molecule has 0 rings (SSSR count). The van der Waals surface area contributed by atoms with Gasteiger partial charge in [0.1, 0.15) is 0 Å². The summed E-state index contributed by atoms with van der Waals surface area (Å²) in [5.41, 5.74) is 0. The van der Waals surface area contributed by atoms with Gasteiger partial charge in [0, 0.05) is 13.5 Å². The molecule has 0 bridgehead atoms. The Morgan fingerprint density at radius 2 is 1.22 bits per heavy atom. The molecule has 0 fully saturated rings. The molecular weight excluding hydrogens is 292 g/mol. The van der Waals surface area contributed by atoms with Crippen LogP contribution in [0.4, 0.5) is 0 Å². The van der Waals surface area contributed by atoms with E-state index in [4.69, 9.17) is 18.9 Å². The highest BCUT2D eigenvalue weighted by Crippen LogP contribution is 2.19. The standard InChI is InChI=1S/C19H38O4/c1-5-8-11-14-18(21-15-12-9-6-2)19(23-17-20-4)22-16-13-10-7-3/h5-17H2,1-4H3. The molecular formula is C19H38O4. The molecule has 0 aromatic heterocycles. The Bertz CT molecular complexity index is 277. The van der Waals surface area contributed by atoms with Crippen LogP contribution in [0.3, 0.4) is 0 Å². The van der Waals surface area contributed by atoms with Gasteiger partial charge in [-0.15, -0.1) is 0 Å². The Hall–Kier alpha value is -0.900. The Morgan fingerprint density at radius 1 is 0.652 bits per heavy atom. The van der Waals surface area contributed by atoms with Crippen molar-refractivity contribution in [1.82, 2.24) is 0 Å². The SMILES string of the molecule is CCCCCOC(CCCCC)=C(OCCCCC)OCOC. The predicted molar refractivity (Wildman–Crippen MR) is 95.1 cm³/mol. The van der Waals surface area contributed by atoms with Crippen LogP contribution in [0, 0.1) is 0 Å². The zero-order valence-corrected chi connectivity index (χ0v) is 15.8. The zero-order chi connectivity index (χ0) is 17.2. The molecule has 0 saturated heterocycles. The second-order valence-electron chi connectivity index (χ2n) is 5.83. The van der Waals surface area contributed by atoms with Gasteiger partial charge < -0.3 is 18.9 Å². The van der Waals surface area contributed by atoms with Crippen LogP contribution in [0.15, 0.2) is 11.7 Å². The first kappa shape index (κ1) is 22.1. The van der Waals surface area contributed by atoms with Crippen molar-refractivity contribution in [2.24, 2.45) is 0 Å². The molecule has 0 aromatic carbocycles. The van der Waals surface area contributed by atoms with Gasteiger partial charge in [0.05, 0.1) is 13.2 Å². The van der Waals surface area contributed by atoms with E-state index in [0.717, 1.165) is 38.0 Å². The highest BCUT2D eigenvalue weighted by molar-refractivity contribution is 4.95. The van der Waals surface area contributed by atoms with E-state index in [1.807, 2.05) is 0 Å². The highest BCUT2D eigenvalue weighted by atomic mass is 16.7. The van der Waals surface area contributed by atoms with Crippen molar-refractivity contribution in [1.29, 1.82) is 0 Å². The van der Waals surface area contributed by atoms with Gasteiger partial charge in [0.15, 0.2) is 12.6 Å². The number of methoxy groups -OCH3 is 1. The molecule has 0 aliphatic rings. The normalized spacial score (nSPS) is 12.0. The van der Waals surface area contributed by atoms with E-state index in [0.29, 0.717) is 12.6 Å². The molecule has 0 saturated carbocycles. The van der Waals surface area contributed by atoms with E-state index < -0.39 is 0 Å². The van der Waals surface area contributed by atoms with E-state index in [1.165, 1.54) is 38.5 Å². The number of hydrogen-bond donors (Lipinski definition) is 0. The predicted octanol–water partition coefficient (Wildman–Crippen LogP) is 5.77. The van der Waals surface area contributed by atoms with Crippen molar-refractivity contribution in [3.05, 3.63) is 11.7 Å². The number of hydrogen-bond acceptors (Lipinski definition) is 4. The topological polar surface area (TPSA) is 36.9 Å². The Labute approximate surface area is 143 Å². The summed E-state index contributed by atoms with van der Waals surface area (Å²) in [6.45, 7) is 8.18. The highest BCUT2D eigenvalue weighted by Gasteiger charge is 2.12. The van der Waals surface area contributed by atoms with Crippen molar-refractivity contribution >= 4 is 0 Å². The van der Waals surface area contributed by atoms with Gasteiger partial charge in [-0.1, -0.05) is 59.3 Å². The molecule has 0 aromatic rings. The van der Waals surface area contributed by atoms with E-state index in [9.17, 15) is 0 Å². The summed E-state index contributed by atoms with van der Waals surface area (Å²) in [5, 5.41) is 0. The molecule has 0 heterocycles. The summed E-state index contributed by atoms with van der Waals surface area (Å²) in [6.07, 6.45) is 11.2. The summed E-state index contributed by atoms with van der Waals surface area (Å²) in [6, 6.07) is 0. The molecule has 0 aliphatic carbocycles. The first-order valence-electron chi connectivity index (χ1n) is 9.40. The van der Waals surface area contributed by atoms with Crippen LogP contribution in [0.1, 0.15) is 85.0 Å². The van der Waals surface area contributed by atoms with Gasteiger partial charge in [-0.2, -0.15) is 0 Å². The van der Waals surface area contributed by atoms with Gasteiger partial charge in [-0.3, -0.25) is 0 Å². The molecule has 0 amide bonds. The van der Waals surface area contributed by atoms with Crippen LogP contribution in [0.2, 0.25) is 0 Å². The minimum atomic E-state index is 0.193. The van der Waals surface area contributed by atoms with Gasteiger partial charge >= 0.3 is 5.95 Å². The zero-order valence-electron chi connectivity index (χ0n) is 15.8. The maximum absolute atomic E-state index is 5.98. The first-order chi connectivity index (χ1) is 11.3. The minimum absolute atomic E-state index is 0.193. The molecule has 138 valence electrons. The van der Waals surface area contributed by atoms with Crippen molar-refractivity contribution in [2.75, 3.05) is 27.1 Å². The Balaban J connectivity index is 4.65. The lowest BCUT2D eigenvalue weighted by Gasteiger charge is -2.17. The molecule has 0 N–H and O–H groups in total. The van der Waals surface area contributed by atoms with E-state index in [1.54, 1.807) is 7.11 Å². The third-order valence-corrected chi connectivity index (χ3v) is 3.55. The van der Waals surface area contributed by atoms with Crippen LogP contribution in [-0.2, 0) is 18.9 Å². The molecule has 4 nitrogen and oxygen atoms in total. The number of unbranched alkanes of at least 4 members (excludes halogenated alkanes) is 6. The van der Waals surface area contributed by atoms with Crippen LogP contribution in [-0.4, -0.2) is 27.1 Å². The summed E-state index contributed by atoms with van der Waals surface area (Å²) in [5.74, 6) is 1.37. The fourth-order valence-corrected chi connectivity index (χ4v) is 2.15. The van der Waals surface area contributed by atoms with Gasteiger partial charge in [-0.25, -0.2) is 0 Å². The van der Waals surface area contributed by atoms with E-state index >= 15 is 0 Å². The minimum Gasteiger partial charge on any atom is -0.491 e. The molecule has 0 unspecified atom stereocenters. The van der Waals surface area contributed by atoms with Gasteiger partial charge in [0.2, 0.25) is 0 Å². The second-order valence-corrected chi connectivity index (χ2v) is 5.83. The molecule has 0 atom stereocenters. The fraction of sp³-hybridized carbons (Fsp3) is 0.895. The van der Waals surface area contributed by atoms with Gasteiger partial charge in [0.25, 0.3) is 0 Å². The average molecular weight is 331 g/mol. The lowest BCUT2D eigenvalue weighted by molar-refractivity contribution is -0.0692. The number of allylic oxidation sites excluding steroid dienone is 1. The van der Waals surface area contributed by atoms with E-state index in [2.05, 4.69) is 20.8 Å². The third kappa shape index (κ3) is 13.3. The Kier molecular flexibility index (Phi) is 16.8. The molecule has 0 aliphatic heterocycles. The summed E-state index contributed by atoms with van der Waals surface area (Å²) < 4.78 is 22.5. The maximum atomic E-state index is 5.98. The lowest BCUT2D eigenvalue weighted by atomic mass is 10.2.